The van der Waals surface area contributed by atoms with Crippen molar-refractivity contribution < 1.29 is 14.7 Å². The lowest BCUT2D eigenvalue weighted by Crippen LogP contribution is -2.42. The second kappa shape index (κ2) is 6.64. The highest BCUT2D eigenvalue weighted by molar-refractivity contribution is 5.93. The molecule has 1 N–H and O–H groups in total. The van der Waals surface area contributed by atoms with Crippen LogP contribution in [-0.4, -0.2) is 41.6 Å². The van der Waals surface area contributed by atoms with Crippen molar-refractivity contribution >= 4 is 17.7 Å². The van der Waals surface area contributed by atoms with Gasteiger partial charge in [0.05, 0.1) is 0 Å². The van der Waals surface area contributed by atoms with Gasteiger partial charge in [-0.05, 0) is 26.0 Å². The van der Waals surface area contributed by atoms with E-state index in [-0.39, 0.29) is 12.5 Å². The van der Waals surface area contributed by atoms with Crippen molar-refractivity contribution in [2.45, 2.75) is 13.8 Å². The molecule has 0 aromatic heterocycles. The average Bonchev–Trinajstić information content (AvgIpc) is 2.38. The Bertz CT molecular complexity index is 402. The Labute approximate surface area is 107 Å². The Morgan fingerprint density at radius 3 is 2.11 bits per heavy atom. The SMILES string of the molecule is CCN(CC)C(=O)CN(C(=O)O)c1ccccc1. The molecule has 5 nitrogen and oxygen atoms in total. The van der Waals surface area contributed by atoms with Gasteiger partial charge in [0, 0.05) is 18.8 Å². The standard InChI is InChI=1S/C13H18N2O3/c1-3-14(4-2)12(16)10-15(13(17)18)11-8-6-5-7-9-11/h5-9H,3-4,10H2,1-2H3,(H,17,18). The zero-order chi connectivity index (χ0) is 13.5. The summed E-state index contributed by atoms with van der Waals surface area (Å²) in [6.45, 7) is 4.75. The van der Waals surface area contributed by atoms with Crippen LogP contribution in [0, 0.1) is 0 Å². The number of hydrogen-bond acceptors (Lipinski definition) is 2. The molecule has 18 heavy (non-hydrogen) atoms. The largest absolute Gasteiger partial charge is 0.465 e. The third-order valence-electron chi connectivity index (χ3n) is 2.71. The van der Waals surface area contributed by atoms with Gasteiger partial charge in [0.2, 0.25) is 5.91 Å². The van der Waals surface area contributed by atoms with E-state index in [0.29, 0.717) is 18.8 Å². The predicted octanol–water partition coefficient (Wildman–Crippen LogP) is 2.04. The average molecular weight is 250 g/mol. The van der Waals surface area contributed by atoms with Crippen LogP contribution >= 0.6 is 0 Å². The number of rotatable bonds is 5. The Balaban J connectivity index is 2.82. The van der Waals surface area contributed by atoms with Gasteiger partial charge >= 0.3 is 6.09 Å². The summed E-state index contributed by atoms with van der Waals surface area (Å²) < 4.78 is 0. The Hall–Kier alpha value is -2.04. The topological polar surface area (TPSA) is 60.9 Å². The molecule has 0 heterocycles. The first-order valence-electron chi connectivity index (χ1n) is 5.93. The number of anilines is 1. The van der Waals surface area contributed by atoms with Crippen molar-refractivity contribution in [3.63, 3.8) is 0 Å². The number of para-hydroxylation sites is 1. The molecule has 1 aromatic rings. The van der Waals surface area contributed by atoms with Crippen molar-refractivity contribution in [2.24, 2.45) is 0 Å². The molecule has 0 aliphatic heterocycles. The summed E-state index contributed by atoms with van der Waals surface area (Å²) >= 11 is 0. The first kappa shape index (κ1) is 14.0. The predicted molar refractivity (Wildman–Crippen MR) is 69.7 cm³/mol. The van der Waals surface area contributed by atoms with Crippen LogP contribution in [0.3, 0.4) is 0 Å². The van der Waals surface area contributed by atoms with Crippen LogP contribution in [0.1, 0.15) is 13.8 Å². The third kappa shape index (κ3) is 3.48. The number of benzene rings is 1. The van der Waals surface area contributed by atoms with Gasteiger partial charge in [0.25, 0.3) is 0 Å². The second-order valence-corrected chi connectivity index (χ2v) is 3.77. The highest BCUT2D eigenvalue weighted by Crippen LogP contribution is 2.13. The van der Waals surface area contributed by atoms with Crippen molar-refractivity contribution in [3.05, 3.63) is 30.3 Å². The third-order valence-corrected chi connectivity index (χ3v) is 2.71. The number of carboxylic acid groups (broad SMARTS) is 1. The molecule has 0 unspecified atom stereocenters. The monoisotopic (exact) mass is 250 g/mol. The van der Waals surface area contributed by atoms with Gasteiger partial charge in [-0.2, -0.15) is 0 Å². The number of likely N-dealkylation sites (N-methyl/N-ethyl adjacent to an activating group) is 1. The minimum Gasteiger partial charge on any atom is -0.465 e. The summed E-state index contributed by atoms with van der Waals surface area (Å²) in [5, 5.41) is 9.16. The maximum atomic E-state index is 11.9. The van der Waals surface area contributed by atoms with E-state index in [9.17, 15) is 9.59 Å². The summed E-state index contributed by atoms with van der Waals surface area (Å²) in [5.41, 5.74) is 0.505. The quantitative estimate of drug-likeness (QED) is 0.869. The fraction of sp³-hybridized carbons (Fsp3) is 0.385. The number of carbonyl (C=O) groups is 2. The lowest BCUT2D eigenvalue weighted by Gasteiger charge is -2.24. The van der Waals surface area contributed by atoms with Crippen molar-refractivity contribution in [1.82, 2.24) is 4.90 Å². The van der Waals surface area contributed by atoms with Crippen LogP contribution in [0.4, 0.5) is 10.5 Å². The molecule has 0 bridgehead atoms. The molecule has 98 valence electrons. The van der Waals surface area contributed by atoms with E-state index < -0.39 is 6.09 Å². The van der Waals surface area contributed by atoms with Crippen LogP contribution in [0.2, 0.25) is 0 Å². The molecule has 0 atom stereocenters. The maximum Gasteiger partial charge on any atom is 0.412 e. The van der Waals surface area contributed by atoms with E-state index in [2.05, 4.69) is 0 Å². The van der Waals surface area contributed by atoms with Crippen molar-refractivity contribution in [2.75, 3.05) is 24.5 Å². The van der Waals surface area contributed by atoms with Gasteiger partial charge in [-0.25, -0.2) is 4.79 Å². The summed E-state index contributed by atoms with van der Waals surface area (Å²) in [6.07, 6.45) is -1.12. The molecule has 2 amide bonds. The minimum absolute atomic E-state index is 0.152. The van der Waals surface area contributed by atoms with Crippen LogP contribution in [0.5, 0.6) is 0 Å². The molecule has 5 heteroatoms. The highest BCUT2D eigenvalue weighted by Gasteiger charge is 2.20. The smallest absolute Gasteiger partial charge is 0.412 e. The van der Waals surface area contributed by atoms with E-state index >= 15 is 0 Å². The van der Waals surface area contributed by atoms with E-state index in [1.54, 1.807) is 35.2 Å². The minimum atomic E-state index is -1.12. The van der Waals surface area contributed by atoms with Gasteiger partial charge in [0.15, 0.2) is 0 Å². The molecule has 0 saturated carbocycles. The number of carbonyl (C=O) groups excluding carboxylic acids is 1. The zero-order valence-corrected chi connectivity index (χ0v) is 10.7. The van der Waals surface area contributed by atoms with Crippen molar-refractivity contribution in [3.8, 4) is 0 Å². The fourth-order valence-electron chi connectivity index (χ4n) is 1.69. The van der Waals surface area contributed by atoms with Crippen LogP contribution in [0.25, 0.3) is 0 Å². The summed E-state index contributed by atoms with van der Waals surface area (Å²) in [4.78, 5) is 25.8. The lowest BCUT2D eigenvalue weighted by molar-refractivity contribution is -0.129. The van der Waals surface area contributed by atoms with Gasteiger partial charge in [0.1, 0.15) is 6.54 Å². The molecule has 0 fully saturated rings. The second-order valence-electron chi connectivity index (χ2n) is 3.77. The number of nitrogens with zero attached hydrogens (tertiary/aromatic N) is 2. The summed E-state index contributed by atoms with van der Waals surface area (Å²) in [6, 6.07) is 8.63. The maximum absolute atomic E-state index is 11.9. The van der Waals surface area contributed by atoms with Crippen LogP contribution in [0.15, 0.2) is 30.3 Å². The van der Waals surface area contributed by atoms with E-state index in [1.807, 2.05) is 13.8 Å². The van der Waals surface area contributed by atoms with Gasteiger partial charge in [-0.3, -0.25) is 9.69 Å². The molecule has 0 saturated heterocycles. The molecular weight excluding hydrogens is 232 g/mol. The molecule has 1 aromatic carbocycles. The van der Waals surface area contributed by atoms with Gasteiger partial charge in [-0.15, -0.1) is 0 Å². The molecule has 1 rings (SSSR count). The van der Waals surface area contributed by atoms with Crippen molar-refractivity contribution in [1.29, 1.82) is 0 Å². The van der Waals surface area contributed by atoms with Crippen LogP contribution < -0.4 is 4.90 Å². The van der Waals surface area contributed by atoms with Gasteiger partial charge < -0.3 is 10.0 Å². The molecule has 0 spiro atoms. The number of hydrogen-bond donors (Lipinski definition) is 1. The molecule has 0 aliphatic carbocycles. The van der Waals surface area contributed by atoms with E-state index in [4.69, 9.17) is 5.11 Å². The first-order chi connectivity index (χ1) is 8.60. The molecule has 0 radical (unpaired) electrons. The fourth-order valence-corrected chi connectivity index (χ4v) is 1.69. The lowest BCUT2D eigenvalue weighted by atomic mass is 10.3. The molecule has 0 aliphatic rings. The number of amides is 2. The van der Waals surface area contributed by atoms with Gasteiger partial charge in [-0.1, -0.05) is 18.2 Å². The normalized spacial score (nSPS) is 9.89. The van der Waals surface area contributed by atoms with E-state index in [0.717, 1.165) is 4.90 Å². The Morgan fingerprint density at radius 2 is 1.67 bits per heavy atom. The Morgan fingerprint density at radius 1 is 1.11 bits per heavy atom. The first-order valence-corrected chi connectivity index (χ1v) is 5.93. The molecular formula is C13H18N2O3. The summed E-state index contributed by atoms with van der Waals surface area (Å²) in [7, 11) is 0. The highest BCUT2D eigenvalue weighted by atomic mass is 16.4. The zero-order valence-electron chi connectivity index (χ0n) is 10.7. The van der Waals surface area contributed by atoms with E-state index in [1.165, 1.54) is 0 Å². The van der Waals surface area contributed by atoms with Crippen LogP contribution in [-0.2, 0) is 4.79 Å². The Kier molecular flexibility index (Phi) is 5.17. The summed E-state index contributed by atoms with van der Waals surface area (Å²) in [5.74, 6) is -0.189.